The van der Waals surface area contributed by atoms with Gasteiger partial charge in [0.15, 0.2) is 0 Å². The summed E-state index contributed by atoms with van der Waals surface area (Å²) in [6.07, 6.45) is 1.50. The lowest BCUT2D eigenvalue weighted by atomic mass is 10.0. The average Bonchev–Trinajstić information content (AvgIpc) is 3.54. The second-order valence-electron chi connectivity index (χ2n) is 10.5. The molecule has 0 aliphatic carbocycles. The molecule has 5 rings (SSSR count). The van der Waals surface area contributed by atoms with E-state index in [0.717, 1.165) is 16.1 Å². The highest BCUT2D eigenvalue weighted by molar-refractivity contribution is 8.00. The molecule has 1 aromatic heterocycles. The number of thioether (sulfide) groups is 1. The van der Waals surface area contributed by atoms with Crippen molar-refractivity contribution < 1.29 is 18.8 Å². The van der Waals surface area contributed by atoms with Gasteiger partial charge in [0.25, 0.3) is 11.8 Å². The molecule has 7 nitrogen and oxygen atoms in total. The van der Waals surface area contributed by atoms with Crippen LogP contribution >= 0.6 is 11.8 Å². The zero-order chi connectivity index (χ0) is 31.6. The molecule has 3 N–H and O–H groups in total. The van der Waals surface area contributed by atoms with E-state index in [0.29, 0.717) is 28.7 Å². The van der Waals surface area contributed by atoms with E-state index >= 15 is 0 Å². The van der Waals surface area contributed by atoms with Crippen LogP contribution in [-0.4, -0.2) is 23.5 Å². The van der Waals surface area contributed by atoms with Gasteiger partial charge >= 0.3 is 0 Å². The van der Waals surface area contributed by atoms with Crippen LogP contribution in [0.1, 0.15) is 41.4 Å². The number of benzene rings is 4. The maximum Gasteiger partial charge on any atom is 0.272 e. The molecule has 0 saturated heterocycles. The minimum absolute atomic E-state index is 0.0226. The molecule has 45 heavy (non-hydrogen) atoms. The van der Waals surface area contributed by atoms with Crippen molar-refractivity contribution in [2.24, 2.45) is 0 Å². The lowest BCUT2D eigenvalue weighted by Crippen LogP contribution is -2.30. The highest BCUT2D eigenvalue weighted by Crippen LogP contribution is 2.24. The van der Waals surface area contributed by atoms with Crippen LogP contribution in [0.15, 0.2) is 136 Å². The van der Waals surface area contributed by atoms with Gasteiger partial charge in [-0.1, -0.05) is 74.5 Å². The third kappa shape index (κ3) is 8.84. The Kier molecular flexibility index (Phi) is 10.3. The van der Waals surface area contributed by atoms with Gasteiger partial charge in [0, 0.05) is 33.5 Å². The van der Waals surface area contributed by atoms with E-state index in [-0.39, 0.29) is 17.4 Å². The molecule has 0 fully saturated rings. The number of furan rings is 1. The minimum Gasteiger partial charge on any atom is -0.457 e. The van der Waals surface area contributed by atoms with Crippen LogP contribution in [0.3, 0.4) is 0 Å². The van der Waals surface area contributed by atoms with Crippen LogP contribution in [0.25, 0.3) is 17.4 Å². The largest absolute Gasteiger partial charge is 0.457 e. The fraction of sp³-hybridized carbons (Fsp3) is 0.108. The van der Waals surface area contributed by atoms with Gasteiger partial charge in [0.1, 0.15) is 17.2 Å². The van der Waals surface area contributed by atoms with Gasteiger partial charge < -0.3 is 20.4 Å². The number of carbonyl (C=O) groups is 3. The first-order valence-corrected chi connectivity index (χ1v) is 15.5. The summed E-state index contributed by atoms with van der Waals surface area (Å²) in [7, 11) is 0. The van der Waals surface area contributed by atoms with Crippen LogP contribution in [0, 0.1) is 0 Å². The molecule has 0 saturated carbocycles. The van der Waals surface area contributed by atoms with E-state index in [1.807, 2.05) is 78.9 Å². The first-order chi connectivity index (χ1) is 21.8. The smallest absolute Gasteiger partial charge is 0.272 e. The maximum absolute atomic E-state index is 13.4. The van der Waals surface area contributed by atoms with Gasteiger partial charge in [-0.2, -0.15) is 0 Å². The third-order valence-electron chi connectivity index (χ3n) is 6.84. The number of rotatable bonds is 11. The molecule has 0 bridgehead atoms. The SMILES string of the molecule is CC(C)c1ccc(NC(=O)CSc2ccc(NC(=O)/C(=C\c3ccc(-c4ccccc4)o3)NC(=O)c3ccccc3)cc2)cc1. The predicted molar refractivity (Wildman–Crippen MR) is 181 cm³/mol. The van der Waals surface area contributed by atoms with Crippen molar-refractivity contribution in [3.8, 4) is 11.3 Å². The van der Waals surface area contributed by atoms with Crippen molar-refractivity contribution >= 4 is 46.9 Å². The summed E-state index contributed by atoms with van der Waals surface area (Å²) in [6, 6.07) is 36.8. The summed E-state index contributed by atoms with van der Waals surface area (Å²) in [4.78, 5) is 39.7. The first kappa shape index (κ1) is 31.1. The minimum atomic E-state index is -0.514. The third-order valence-corrected chi connectivity index (χ3v) is 7.86. The van der Waals surface area contributed by atoms with E-state index in [2.05, 4.69) is 29.8 Å². The monoisotopic (exact) mass is 615 g/mol. The lowest BCUT2D eigenvalue weighted by molar-refractivity contribution is -0.114. The topological polar surface area (TPSA) is 100 Å². The van der Waals surface area contributed by atoms with Crippen LogP contribution in [-0.2, 0) is 9.59 Å². The Balaban J connectivity index is 1.23. The average molecular weight is 616 g/mol. The Morgan fingerprint density at radius 2 is 1.36 bits per heavy atom. The quantitative estimate of drug-likeness (QED) is 0.103. The number of amides is 3. The predicted octanol–water partition coefficient (Wildman–Crippen LogP) is 8.21. The summed E-state index contributed by atoms with van der Waals surface area (Å²) in [5.74, 6) is 0.678. The second kappa shape index (κ2) is 14.9. The highest BCUT2D eigenvalue weighted by atomic mass is 32.2. The molecule has 8 heteroatoms. The van der Waals surface area contributed by atoms with Gasteiger partial charge in [0.2, 0.25) is 5.91 Å². The molecule has 4 aromatic carbocycles. The Labute approximate surface area is 266 Å². The molecule has 1 heterocycles. The van der Waals surface area contributed by atoms with Gasteiger partial charge in [-0.3, -0.25) is 14.4 Å². The summed E-state index contributed by atoms with van der Waals surface area (Å²) in [5.41, 5.74) is 3.84. The van der Waals surface area contributed by atoms with E-state index in [4.69, 9.17) is 4.42 Å². The molecule has 0 unspecified atom stereocenters. The molecule has 226 valence electrons. The van der Waals surface area contributed by atoms with Gasteiger partial charge in [-0.05, 0) is 72.1 Å². The van der Waals surface area contributed by atoms with Crippen molar-refractivity contribution in [3.63, 3.8) is 0 Å². The van der Waals surface area contributed by atoms with E-state index < -0.39 is 11.8 Å². The van der Waals surface area contributed by atoms with Crippen LogP contribution in [0.4, 0.5) is 11.4 Å². The fourth-order valence-corrected chi connectivity index (χ4v) is 5.10. The Hall–Kier alpha value is -5.34. The van der Waals surface area contributed by atoms with Crippen molar-refractivity contribution in [2.75, 3.05) is 16.4 Å². The van der Waals surface area contributed by atoms with Gasteiger partial charge in [-0.25, -0.2) is 0 Å². The maximum atomic E-state index is 13.4. The second-order valence-corrected chi connectivity index (χ2v) is 11.6. The molecule has 0 aliphatic rings. The van der Waals surface area contributed by atoms with E-state index in [1.54, 1.807) is 42.5 Å². The summed E-state index contributed by atoms with van der Waals surface area (Å²) in [5, 5.41) is 8.49. The highest BCUT2D eigenvalue weighted by Gasteiger charge is 2.16. The molecule has 0 aliphatic heterocycles. The normalized spacial score (nSPS) is 11.2. The molecule has 0 atom stereocenters. The van der Waals surface area contributed by atoms with Gasteiger partial charge in [0.05, 0.1) is 5.75 Å². The number of carbonyl (C=O) groups excluding carboxylic acids is 3. The van der Waals surface area contributed by atoms with E-state index in [1.165, 1.54) is 23.4 Å². The summed E-state index contributed by atoms with van der Waals surface area (Å²) in [6.45, 7) is 4.26. The van der Waals surface area contributed by atoms with Gasteiger partial charge in [-0.15, -0.1) is 11.8 Å². The zero-order valence-corrected chi connectivity index (χ0v) is 25.8. The Morgan fingerprint density at radius 1 is 0.733 bits per heavy atom. The van der Waals surface area contributed by atoms with Crippen LogP contribution in [0.5, 0.6) is 0 Å². The van der Waals surface area contributed by atoms with Crippen molar-refractivity contribution in [3.05, 3.63) is 144 Å². The molecular formula is C37H33N3O4S. The van der Waals surface area contributed by atoms with Crippen molar-refractivity contribution in [2.45, 2.75) is 24.7 Å². The number of hydrogen-bond acceptors (Lipinski definition) is 5. The molecular weight excluding hydrogens is 582 g/mol. The summed E-state index contributed by atoms with van der Waals surface area (Å²) < 4.78 is 5.96. The van der Waals surface area contributed by atoms with E-state index in [9.17, 15) is 14.4 Å². The molecule has 0 spiro atoms. The standard InChI is InChI=1S/C37H33N3O4S/c1-25(2)26-13-15-29(16-14-26)38-35(41)24-45-32-20-17-30(18-21-32)39-37(43)33(40-36(42)28-11-7-4-8-12-28)23-31-19-22-34(44-31)27-9-5-3-6-10-27/h3-23,25H,24H2,1-2H3,(H,38,41)(H,39,43)(H,40,42)/b33-23+. The fourth-order valence-electron chi connectivity index (χ4n) is 4.40. The molecule has 3 amide bonds. The number of hydrogen-bond donors (Lipinski definition) is 3. The number of anilines is 2. The Bertz CT molecular complexity index is 1780. The summed E-state index contributed by atoms with van der Waals surface area (Å²) >= 11 is 1.39. The van der Waals surface area contributed by atoms with Crippen molar-refractivity contribution in [1.29, 1.82) is 0 Å². The first-order valence-electron chi connectivity index (χ1n) is 14.5. The molecule has 0 radical (unpaired) electrons. The Morgan fingerprint density at radius 3 is 2.02 bits per heavy atom. The lowest BCUT2D eigenvalue weighted by Gasteiger charge is -2.11. The zero-order valence-electron chi connectivity index (χ0n) is 25.0. The van der Waals surface area contributed by atoms with Crippen LogP contribution in [0.2, 0.25) is 0 Å². The number of nitrogens with one attached hydrogen (secondary N) is 3. The molecule has 5 aromatic rings. The van der Waals surface area contributed by atoms with Crippen LogP contribution < -0.4 is 16.0 Å². The van der Waals surface area contributed by atoms with Crippen molar-refractivity contribution in [1.82, 2.24) is 5.32 Å².